The number of rotatable bonds is 2. The first-order valence-corrected chi connectivity index (χ1v) is 11.8. The quantitative estimate of drug-likeness (QED) is 0.360. The first kappa shape index (κ1) is 19.2. The minimum absolute atomic E-state index is 0.269. The maximum Gasteiger partial charge on any atom is 0.231 e. The Kier molecular flexibility index (Phi) is 4.04. The molecule has 162 valence electrons. The van der Waals surface area contributed by atoms with Gasteiger partial charge in [0, 0.05) is 16.5 Å². The van der Waals surface area contributed by atoms with Gasteiger partial charge in [-0.3, -0.25) is 4.90 Å². The van der Waals surface area contributed by atoms with Crippen molar-refractivity contribution in [1.82, 2.24) is 9.97 Å². The Labute approximate surface area is 198 Å². The van der Waals surface area contributed by atoms with Crippen LogP contribution in [0.3, 0.4) is 0 Å². The highest BCUT2D eigenvalue weighted by Crippen LogP contribution is 2.51. The molecule has 1 aliphatic heterocycles. The minimum Gasteiger partial charge on any atom is -0.300 e. The summed E-state index contributed by atoms with van der Waals surface area (Å²) < 4.78 is 0. The van der Waals surface area contributed by atoms with E-state index in [1.807, 2.05) is 6.07 Å². The van der Waals surface area contributed by atoms with Crippen LogP contribution in [-0.2, 0) is 0 Å². The molecule has 4 aromatic carbocycles. The summed E-state index contributed by atoms with van der Waals surface area (Å²) >= 11 is 0. The summed E-state index contributed by atoms with van der Waals surface area (Å²) in [5.41, 5.74) is 6.55. The van der Waals surface area contributed by atoms with Crippen LogP contribution in [0.4, 0.5) is 11.6 Å². The predicted octanol–water partition coefficient (Wildman–Crippen LogP) is 5.59. The molecule has 0 bridgehead atoms. The fourth-order valence-electron chi connectivity index (χ4n) is 5.70. The van der Waals surface area contributed by atoms with E-state index in [2.05, 4.69) is 115 Å². The van der Waals surface area contributed by atoms with Crippen molar-refractivity contribution in [3.8, 4) is 11.3 Å². The third-order valence-electron chi connectivity index (χ3n) is 7.23. The van der Waals surface area contributed by atoms with Crippen molar-refractivity contribution in [2.24, 2.45) is 0 Å². The van der Waals surface area contributed by atoms with Crippen LogP contribution in [0.15, 0.2) is 103 Å². The van der Waals surface area contributed by atoms with E-state index in [-0.39, 0.29) is 5.54 Å². The Bertz CT molecular complexity index is 1700. The van der Waals surface area contributed by atoms with Gasteiger partial charge in [0.15, 0.2) is 0 Å². The van der Waals surface area contributed by atoms with Gasteiger partial charge in [0.2, 0.25) is 5.95 Å². The number of hydrogen-bond acceptors (Lipinski definition) is 3. The zero-order chi connectivity index (χ0) is 22.7. The topological polar surface area (TPSA) is 29.0 Å². The maximum atomic E-state index is 5.23. The molecule has 0 N–H and O–H groups in total. The predicted molar refractivity (Wildman–Crippen MR) is 139 cm³/mol. The van der Waals surface area contributed by atoms with Crippen molar-refractivity contribution in [2.75, 3.05) is 4.90 Å². The maximum absolute atomic E-state index is 5.23. The molecule has 5 aromatic rings. The highest BCUT2D eigenvalue weighted by atomic mass is 15.3. The van der Waals surface area contributed by atoms with Gasteiger partial charge in [-0.05, 0) is 41.5 Å². The fraction of sp³-hybridized carbons (Fsp3) is 0.0968. The van der Waals surface area contributed by atoms with Gasteiger partial charge in [-0.15, -0.1) is 0 Å². The first-order chi connectivity index (χ1) is 16.7. The molecule has 1 aliphatic carbocycles. The highest BCUT2D eigenvalue weighted by Gasteiger charge is 2.47. The van der Waals surface area contributed by atoms with Gasteiger partial charge >= 0.3 is 0 Å². The molecule has 2 aliphatic rings. The molecular weight excluding hydrogens is 414 g/mol. The summed E-state index contributed by atoms with van der Waals surface area (Å²) in [4.78, 5) is 12.7. The second kappa shape index (κ2) is 7.13. The van der Waals surface area contributed by atoms with E-state index >= 15 is 0 Å². The molecule has 7 rings (SSSR count). The zero-order valence-electron chi connectivity index (χ0n) is 18.9. The summed E-state index contributed by atoms with van der Waals surface area (Å²) in [7, 11) is 0. The van der Waals surface area contributed by atoms with Crippen LogP contribution in [0.1, 0.15) is 18.9 Å². The summed E-state index contributed by atoms with van der Waals surface area (Å²) in [6.45, 7) is 2.33. The number of anilines is 2. The molecule has 1 aromatic heterocycles. The minimum atomic E-state index is -0.269. The van der Waals surface area contributed by atoms with Crippen molar-refractivity contribution in [3.63, 3.8) is 0 Å². The van der Waals surface area contributed by atoms with Crippen LogP contribution >= 0.6 is 0 Å². The normalized spacial score (nSPS) is 18.3. The lowest BCUT2D eigenvalue weighted by Crippen LogP contribution is -2.47. The largest absolute Gasteiger partial charge is 0.300 e. The molecule has 0 saturated carbocycles. The van der Waals surface area contributed by atoms with Crippen LogP contribution in [0.25, 0.3) is 33.8 Å². The monoisotopic (exact) mass is 437 g/mol. The van der Waals surface area contributed by atoms with Crippen LogP contribution in [0, 0.1) is 0 Å². The SMILES string of the molecule is CC12CC=c3ccccc3=C1c1ccccc1N2c1nc(-c2ccccc2)c2ccccc2n1. The number of fused-ring (bicyclic) bond motifs is 5. The van der Waals surface area contributed by atoms with Gasteiger partial charge in [-0.2, -0.15) is 0 Å². The van der Waals surface area contributed by atoms with Gasteiger partial charge in [-0.1, -0.05) is 97.1 Å². The molecule has 0 fully saturated rings. The van der Waals surface area contributed by atoms with E-state index in [1.54, 1.807) is 0 Å². The average Bonchev–Trinajstić information content (AvgIpc) is 3.17. The van der Waals surface area contributed by atoms with E-state index in [0.717, 1.165) is 34.5 Å². The smallest absolute Gasteiger partial charge is 0.231 e. The van der Waals surface area contributed by atoms with E-state index in [4.69, 9.17) is 9.97 Å². The first-order valence-electron chi connectivity index (χ1n) is 11.8. The molecule has 0 spiro atoms. The second-order valence-electron chi connectivity index (χ2n) is 9.25. The van der Waals surface area contributed by atoms with Gasteiger partial charge < -0.3 is 0 Å². The number of nitrogens with zero attached hydrogens (tertiary/aromatic N) is 3. The Morgan fingerprint density at radius 3 is 2.38 bits per heavy atom. The molecule has 2 heterocycles. The van der Waals surface area contributed by atoms with Crippen LogP contribution in [-0.4, -0.2) is 15.5 Å². The van der Waals surface area contributed by atoms with E-state index in [1.165, 1.54) is 27.3 Å². The van der Waals surface area contributed by atoms with Crippen molar-refractivity contribution in [3.05, 3.63) is 119 Å². The number of hydrogen-bond donors (Lipinski definition) is 0. The fourth-order valence-corrected chi connectivity index (χ4v) is 5.70. The van der Waals surface area contributed by atoms with E-state index < -0.39 is 0 Å². The Morgan fingerprint density at radius 2 is 1.47 bits per heavy atom. The van der Waals surface area contributed by atoms with Crippen molar-refractivity contribution < 1.29 is 0 Å². The molecule has 0 radical (unpaired) electrons. The lowest BCUT2D eigenvalue weighted by atomic mass is 9.81. The van der Waals surface area contributed by atoms with Gasteiger partial charge in [-0.25, -0.2) is 9.97 Å². The molecule has 1 unspecified atom stereocenters. The Morgan fingerprint density at radius 1 is 0.735 bits per heavy atom. The Hall–Kier alpha value is -4.24. The Balaban J connectivity index is 1.55. The standard InChI is InChI=1S/C31H23N3/c1-31-20-19-21-11-5-6-14-23(21)28(31)25-16-8-10-18-27(25)34(31)30-32-26-17-9-7-15-24(26)29(33-30)22-12-3-2-4-13-22/h2-19H,20H2,1H3. The van der Waals surface area contributed by atoms with Crippen molar-refractivity contribution in [2.45, 2.75) is 18.9 Å². The molecule has 3 nitrogen and oxygen atoms in total. The van der Waals surface area contributed by atoms with Gasteiger partial charge in [0.1, 0.15) is 0 Å². The van der Waals surface area contributed by atoms with Crippen molar-refractivity contribution >= 4 is 34.2 Å². The summed E-state index contributed by atoms with van der Waals surface area (Å²) in [6.07, 6.45) is 3.25. The molecule has 3 heteroatoms. The highest BCUT2D eigenvalue weighted by molar-refractivity contribution is 5.97. The molecule has 1 atom stereocenters. The molecular formula is C31H23N3. The average molecular weight is 438 g/mol. The van der Waals surface area contributed by atoms with E-state index in [0.29, 0.717) is 0 Å². The summed E-state index contributed by atoms with van der Waals surface area (Å²) in [5.74, 6) is 0.746. The number of benzene rings is 4. The van der Waals surface area contributed by atoms with E-state index in [9.17, 15) is 0 Å². The zero-order valence-corrected chi connectivity index (χ0v) is 18.9. The summed E-state index contributed by atoms with van der Waals surface area (Å²) in [5, 5.41) is 3.67. The van der Waals surface area contributed by atoms with Crippen LogP contribution in [0.5, 0.6) is 0 Å². The molecule has 0 amide bonds. The third kappa shape index (κ3) is 2.64. The lowest BCUT2D eigenvalue weighted by molar-refractivity contribution is 0.607. The van der Waals surface area contributed by atoms with Gasteiger partial charge in [0.25, 0.3) is 0 Å². The second-order valence-corrected chi connectivity index (χ2v) is 9.25. The lowest BCUT2D eigenvalue weighted by Gasteiger charge is -2.37. The summed E-state index contributed by atoms with van der Waals surface area (Å²) in [6, 6.07) is 36.1. The molecule has 0 saturated heterocycles. The van der Waals surface area contributed by atoms with Crippen LogP contribution < -0.4 is 15.3 Å². The number of para-hydroxylation sites is 2. The molecule has 34 heavy (non-hydrogen) atoms. The van der Waals surface area contributed by atoms with Crippen molar-refractivity contribution in [1.29, 1.82) is 0 Å². The number of aromatic nitrogens is 2. The van der Waals surface area contributed by atoms with Crippen LogP contribution in [0.2, 0.25) is 0 Å². The van der Waals surface area contributed by atoms with Gasteiger partial charge in [0.05, 0.1) is 22.4 Å². The third-order valence-corrected chi connectivity index (χ3v) is 7.23.